The molecule has 1 fully saturated rings. The summed E-state index contributed by atoms with van der Waals surface area (Å²) in [5, 5.41) is 6.80. The molecule has 0 radical (unpaired) electrons. The zero-order valence-corrected chi connectivity index (χ0v) is 18.7. The van der Waals surface area contributed by atoms with E-state index in [9.17, 15) is 0 Å². The van der Waals surface area contributed by atoms with Crippen LogP contribution in [0.15, 0.2) is 35.3 Å². The monoisotopic (exact) mass is 474 g/mol. The molecule has 5 nitrogen and oxygen atoms in total. The van der Waals surface area contributed by atoms with Crippen molar-refractivity contribution < 1.29 is 4.74 Å². The van der Waals surface area contributed by atoms with E-state index in [1.807, 2.05) is 7.05 Å². The summed E-state index contributed by atoms with van der Waals surface area (Å²) < 4.78 is 5.65. The topological polar surface area (TPSA) is 48.9 Å². The maximum absolute atomic E-state index is 5.65. The Morgan fingerprint density at radius 1 is 1.27 bits per heavy atom. The smallest absolute Gasteiger partial charge is 0.190 e. The Morgan fingerprint density at radius 2 is 2.00 bits per heavy atom. The van der Waals surface area contributed by atoms with Gasteiger partial charge < -0.3 is 15.4 Å². The van der Waals surface area contributed by atoms with E-state index >= 15 is 0 Å². The van der Waals surface area contributed by atoms with Crippen molar-refractivity contribution in [2.45, 2.75) is 51.3 Å². The lowest BCUT2D eigenvalue weighted by Gasteiger charge is -2.25. The summed E-state index contributed by atoms with van der Waals surface area (Å²) in [7, 11) is 4.01. The molecule has 0 amide bonds. The van der Waals surface area contributed by atoms with Gasteiger partial charge in [0, 0.05) is 39.3 Å². The van der Waals surface area contributed by atoms with Gasteiger partial charge in [0.1, 0.15) is 0 Å². The summed E-state index contributed by atoms with van der Waals surface area (Å²) in [6.07, 6.45) is 4.95. The Balaban J connectivity index is 0.00000338. The van der Waals surface area contributed by atoms with E-state index in [0.29, 0.717) is 12.1 Å². The van der Waals surface area contributed by atoms with Crippen LogP contribution >= 0.6 is 24.0 Å². The number of aliphatic imine (C=N–C) groups is 1. The van der Waals surface area contributed by atoms with E-state index in [0.717, 1.165) is 45.0 Å². The molecule has 0 saturated carbocycles. The van der Waals surface area contributed by atoms with Crippen LogP contribution in [-0.4, -0.2) is 56.8 Å². The fraction of sp³-hybridized carbons (Fsp3) is 0.650. The van der Waals surface area contributed by atoms with Crippen molar-refractivity contribution in [1.29, 1.82) is 0 Å². The largest absolute Gasteiger partial charge is 0.378 e. The third-order valence-corrected chi connectivity index (χ3v) is 4.89. The summed E-state index contributed by atoms with van der Waals surface area (Å²) in [5.74, 6) is 0.885. The number of nitrogens with one attached hydrogen (secondary N) is 2. The van der Waals surface area contributed by atoms with Gasteiger partial charge in [0.2, 0.25) is 0 Å². The molecule has 26 heavy (non-hydrogen) atoms. The predicted octanol–water partition coefficient (Wildman–Crippen LogP) is 3.25. The van der Waals surface area contributed by atoms with Gasteiger partial charge in [0.25, 0.3) is 0 Å². The van der Waals surface area contributed by atoms with Crippen LogP contribution in [0.3, 0.4) is 0 Å². The van der Waals surface area contributed by atoms with Crippen LogP contribution in [-0.2, 0) is 11.3 Å². The Labute approximate surface area is 176 Å². The number of hydrogen-bond donors (Lipinski definition) is 2. The molecular formula is C20H35IN4O. The van der Waals surface area contributed by atoms with Crippen LogP contribution in [0.2, 0.25) is 0 Å². The number of hydrogen-bond acceptors (Lipinski definition) is 3. The third-order valence-electron chi connectivity index (χ3n) is 4.89. The normalized spacial score (nSPS) is 18.5. The van der Waals surface area contributed by atoms with Crippen LogP contribution in [0.4, 0.5) is 0 Å². The van der Waals surface area contributed by atoms with E-state index in [1.54, 1.807) is 0 Å². The number of rotatable bonds is 9. The molecular weight excluding hydrogens is 439 g/mol. The van der Waals surface area contributed by atoms with Crippen molar-refractivity contribution >= 4 is 29.9 Å². The van der Waals surface area contributed by atoms with E-state index in [1.165, 1.54) is 18.4 Å². The Hall–Kier alpha value is -0.860. The van der Waals surface area contributed by atoms with E-state index < -0.39 is 0 Å². The highest BCUT2D eigenvalue weighted by atomic mass is 127. The minimum absolute atomic E-state index is 0. The van der Waals surface area contributed by atoms with E-state index in [-0.39, 0.29) is 24.0 Å². The molecule has 0 bridgehead atoms. The molecule has 2 N–H and O–H groups in total. The quantitative estimate of drug-likeness (QED) is 0.328. The SMILES string of the molecule is CN=C(NCCC1CCCO1)NCCC(C)N(C)Cc1ccccc1.I. The maximum Gasteiger partial charge on any atom is 0.190 e. The second-order valence-electron chi connectivity index (χ2n) is 6.89. The molecule has 1 heterocycles. The van der Waals surface area contributed by atoms with Crippen LogP contribution < -0.4 is 10.6 Å². The van der Waals surface area contributed by atoms with Crippen molar-refractivity contribution in [2.24, 2.45) is 4.99 Å². The fourth-order valence-corrected chi connectivity index (χ4v) is 3.09. The summed E-state index contributed by atoms with van der Waals surface area (Å²) in [6, 6.07) is 11.1. The van der Waals surface area contributed by atoms with Gasteiger partial charge >= 0.3 is 0 Å². The number of ether oxygens (including phenoxy) is 1. The molecule has 0 spiro atoms. The Kier molecular flexibility index (Phi) is 11.9. The fourth-order valence-electron chi connectivity index (χ4n) is 3.09. The highest BCUT2D eigenvalue weighted by Crippen LogP contribution is 2.14. The predicted molar refractivity (Wildman–Crippen MR) is 120 cm³/mol. The highest BCUT2D eigenvalue weighted by molar-refractivity contribution is 14.0. The zero-order valence-electron chi connectivity index (χ0n) is 16.4. The second kappa shape index (κ2) is 13.3. The standard InChI is InChI=1S/C20H34N4O.HI/c1-17(24(3)16-18-8-5-4-6-9-18)11-13-22-20(21-2)23-14-12-19-10-7-15-25-19;/h4-6,8-9,17,19H,7,10-16H2,1-3H3,(H2,21,22,23);1H. The Bertz CT molecular complexity index is 506. The lowest BCUT2D eigenvalue weighted by Crippen LogP contribution is -2.40. The number of nitrogens with zero attached hydrogens (tertiary/aromatic N) is 2. The van der Waals surface area contributed by atoms with Gasteiger partial charge in [-0.05, 0) is 45.2 Å². The van der Waals surface area contributed by atoms with Gasteiger partial charge in [-0.15, -0.1) is 24.0 Å². The molecule has 0 aromatic heterocycles. The summed E-state index contributed by atoms with van der Waals surface area (Å²) in [4.78, 5) is 6.70. The lowest BCUT2D eigenvalue weighted by atomic mass is 10.1. The van der Waals surface area contributed by atoms with E-state index in [4.69, 9.17) is 4.74 Å². The zero-order chi connectivity index (χ0) is 17.9. The first-order valence-electron chi connectivity index (χ1n) is 9.49. The van der Waals surface area contributed by atoms with Crippen molar-refractivity contribution in [3.05, 3.63) is 35.9 Å². The van der Waals surface area contributed by atoms with Gasteiger partial charge in [0.15, 0.2) is 5.96 Å². The van der Waals surface area contributed by atoms with Gasteiger partial charge in [0.05, 0.1) is 6.10 Å². The molecule has 6 heteroatoms. The van der Waals surface area contributed by atoms with Crippen molar-refractivity contribution in [3.63, 3.8) is 0 Å². The van der Waals surface area contributed by atoms with Crippen molar-refractivity contribution in [2.75, 3.05) is 33.8 Å². The molecule has 1 saturated heterocycles. The van der Waals surface area contributed by atoms with Crippen molar-refractivity contribution in [1.82, 2.24) is 15.5 Å². The number of benzene rings is 1. The van der Waals surface area contributed by atoms with Gasteiger partial charge in [-0.3, -0.25) is 9.89 Å². The average molecular weight is 474 g/mol. The van der Waals surface area contributed by atoms with Gasteiger partial charge in [-0.1, -0.05) is 30.3 Å². The first-order valence-corrected chi connectivity index (χ1v) is 9.49. The van der Waals surface area contributed by atoms with E-state index in [2.05, 4.69) is 64.8 Å². The molecule has 1 aromatic carbocycles. The number of halogens is 1. The summed E-state index contributed by atoms with van der Waals surface area (Å²) >= 11 is 0. The molecule has 1 aromatic rings. The van der Waals surface area contributed by atoms with Gasteiger partial charge in [-0.2, -0.15) is 0 Å². The molecule has 1 aliphatic heterocycles. The van der Waals surface area contributed by atoms with Crippen LogP contribution in [0.1, 0.15) is 38.2 Å². The summed E-state index contributed by atoms with van der Waals surface area (Å²) in [6.45, 7) is 6.01. The molecule has 0 aliphatic carbocycles. The van der Waals surface area contributed by atoms with Gasteiger partial charge in [-0.25, -0.2) is 0 Å². The lowest BCUT2D eigenvalue weighted by molar-refractivity contribution is 0.105. The molecule has 2 atom stereocenters. The minimum Gasteiger partial charge on any atom is -0.378 e. The maximum atomic E-state index is 5.65. The first-order chi connectivity index (χ1) is 12.2. The number of guanidine groups is 1. The summed E-state index contributed by atoms with van der Waals surface area (Å²) in [5.41, 5.74) is 1.36. The van der Waals surface area contributed by atoms with Crippen LogP contribution in [0.5, 0.6) is 0 Å². The molecule has 2 unspecified atom stereocenters. The minimum atomic E-state index is 0. The molecule has 2 rings (SSSR count). The second-order valence-corrected chi connectivity index (χ2v) is 6.89. The molecule has 148 valence electrons. The molecule has 1 aliphatic rings. The van der Waals surface area contributed by atoms with Crippen molar-refractivity contribution in [3.8, 4) is 0 Å². The first kappa shape index (κ1) is 23.2. The van der Waals surface area contributed by atoms with Crippen LogP contribution in [0.25, 0.3) is 0 Å². The highest BCUT2D eigenvalue weighted by Gasteiger charge is 2.15. The average Bonchev–Trinajstić information content (AvgIpc) is 3.14. The Morgan fingerprint density at radius 3 is 2.65 bits per heavy atom. The third kappa shape index (κ3) is 8.68. The van der Waals surface area contributed by atoms with Crippen LogP contribution in [0, 0.1) is 0 Å².